The highest BCUT2D eigenvalue weighted by molar-refractivity contribution is 5.92. The molecule has 2 aliphatic rings. The Morgan fingerprint density at radius 1 is 1.41 bits per heavy atom. The number of Topliss-reactive ketones (excluding diaryl/α,β-unsaturated/α-hetero) is 1. The van der Waals surface area contributed by atoms with Gasteiger partial charge in [-0.1, -0.05) is 26.0 Å². The molecule has 1 heterocycles. The van der Waals surface area contributed by atoms with Gasteiger partial charge in [-0.25, -0.2) is 4.79 Å². The number of aliphatic hydroxyl groups excluding tert-OH is 1. The van der Waals surface area contributed by atoms with E-state index in [-0.39, 0.29) is 24.3 Å². The molecule has 1 fully saturated rings. The topological polar surface area (TPSA) is 110 Å². The van der Waals surface area contributed by atoms with Gasteiger partial charge in [0, 0.05) is 18.4 Å². The second kappa shape index (κ2) is 7.94. The van der Waals surface area contributed by atoms with Crippen LogP contribution in [-0.4, -0.2) is 51.8 Å². The minimum absolute atomic E-state index is 0.00529. The van der Waals surface area contributed by atoms with Crippen molar-refractivity contribution in [1.82, 2.24) is 0 Å². The van der Waals surface area contributed by atoms with Gasteiger partial charge in [-0.15, -0.1) is 0 Å². The van der Waals surface area contributed by atoms with Gasteiger partial charge in [0.25, 0.3) is 0 Å². The zero-order valence-corrected chi connectivity index (χ0v) is 16.2. The highest BCUT2D eigenvalue weighted by Crippen LogP contribution is 2.38. The lowest BCUT2D eigenvalue weighted by molar-refractivity contribution is -0.182. The van der Waals surface area contributed by atoms with Crippen molar-refractivity contribution < 1.29 is 34.1 Å². The Kier molecular flexibility index (Phi) is 6.27. The largest absolute Gasteiger partial charge is 0.459 e. The Labute approximate surface area is 159 Å². The molecular formula is C20H28O7. The third kappa shape index (κ3) is 4.47. The van der Waals surface area contributed by atoms with Crippen LogP contribution in [0.1, 0.15) is 47.0 Å². The van der Waals surface area contributed by atoms with Gasteiger partial charge in [0.15, 0.2) is 5.78 Å². The normalized spacial score (nSPS) is 36.7. The van der Waals surface area contributed by atoms with Crippen molar-refractivity contribution in [2.45, 2.75) is 70.9 Å². The number of fused-ring (bicyclic) bond motifs is 1. The molecule has 1 aliphatic carbocycles. The van der Waals surface area contributed by atoms with E-state index in [1.54, 1.807) is 13.0 Å². The van der Waals surface area contributed by atoms with Gasteiger partial charge < -0.3 is 19.7 Å². The molecule has 0 radical (unpaired) electrons. The highest BCUT2D eigenvalue weighted by atomic mass is 16.6. The van der Waals surface area contributed by atoms with Crippen LogP contribution in [0.5, 0.6) is 0 Å². The quantitative estimate of drug-likeness (QED) is 0.433. The van der Waals surface area contributed by atoms with Gasteiger partial charge in [-0.05, 0) is 32.3 Å². The fraction of sp³-hybridized carbons (Fsp3) is 0.650. The smallest absolute Gasteiger partial charge is 0.334 e. The number of aliphatic hydroxyl groups is 2. The number of ether oxygens (including phenoxy) is 2. The van der Waals surface area contributed by atoms with Crippen molar-refractivity contribution in [3.63, 3.8) is 0 Å². The minimum Gasteiger partial charge on any atom is -0.459 e. The van der Waals surface area contributed by atoms with Crippen LogP contribution in [-0.2, 0) is 23.9 Å². The molecule has 7 nitrogen and oxygen atoms in total. The molecule has 0 bridgehead atoms. The molecule has 5 atom stereocenters. The third-order valence-electron chi connectivity index (χ3n) is 5.10. The zero-order valence-electron chi connectivity index (χ0n) is 16.2. The standard InChI is InChI=1S/C20H28O7/c1-10(2)8-15(22)27-17-16-12(4)19(24)26-13(16)9-11(3)6-7-14(21)20(5,25)18(17)23/h9-10,13,16-18,23,25H,4,6-8H2,1-3,5H3/b11-9+/t13-,16+,17+,18+,20-/m1/s1. The number of carbonyl (C=O) groups excluding carboxylic acids is 3. The average Bonchev–Trinajstić information content (AvgIpc) is 2.82. The molecule has 0 amide bonds. The van der Waals surface area contributed by atoms with Crippen LogP contribution in [0.4, 0.5) is 0 Å². The summed E-state index contributed by atoms with van der Waals surface area (Å²) in [6, 6.07) is 0. The van der Waals surface area contributed by atoms with Crippen molar-refractivity contribution in [2.24, 2.45) is 11.8 Å². The van der Waals surface area contributed by atoms with Crippen LogP contribution in [0.25, 0.3) is 0 Å². The molecule has 2 N–H and O–H groups in total. The predicted molar refractivity (Wildman–Crippen MR) is 96.5 cm³/mol. The molecule has 27 heavy (non-hydrogen) atoms. The summed E-state index contributed by atoms with van der Waals surface area (Å²) in [5.41, 5.74) is -1.31. The Bertz CT molecular complexity index is 674. The van der Waals surface area contributed by atoms with E-state index in [2.05, 4.69) is 6.58 Å². The van der Waals surface area contributed by atoms with Gasteiger partial charge in [-0.2, -0.15) is 0 Å². The second-order valence-electron chi connectivity index (χ2n) is 8.00. The van der Waals surface area contributed by atoms with E-state index in [1.807, 2.05) is 13.8 Å². The van der Waals surface area contributed by atoms with E-state index in [9.17, 15) is 24.6 Å². The fourth-order valence-corrected chi connectivity index (χ4v) is 3.41. The maximum atomic E-state index is 12.5. The van der Waals surface area contributed by atoms with Crippen LogP contribution in [0.3, 0.4) is 0 Å². The lowest BCUT2D eigenvalue weighted by Crippen LogP contribution is -2.57. The van der Waals surface area contributed by atoms with Crippen LogP contribution in [0.15, 0.2) is 23.8 Å². The Morgan fingerprint density at radius 3 is 2.63 bits per heavy atom. The molecule has 0 unspecified atom stereocenters. The molecule has 1 aliphatic heterocycles. The number of hydrogen-bond donors (Lipinski definition) is 2. The van der Waals surface area contributed by atoms with E-state index >= 15 is 0 Å². The predicted octanol–water partition coefficient (Wildman–Crippen LogP) is 1.46. The van der Waals surface area contributed by atoms with Crippen molar-refractivity contribution in [3.05, 3.63) is 23.8 Å². The van der Waals surface area contributed by atoms with E-state index in [0.29, 0.717) is 6.42 Å². The summed E-state index contributed by atoms with van der Waals surface area (Å²) in [7, 11) is 0. The van der Waals surface area contributed by atoms with Crippen molar-refractivity contribution in [2.75, 3.05) is 0 Å². The molecule has 7 heteroatoms. The molecule has 150 valence electrons. The van der Waals surface area contributed by atoms with Gasteiger partial charge in [0.1, 0.15) is 23.9 Å². The number of allylic oxidation sites excluding steroid dienone is 1. The van der Waals surface area contributed by atoms with Crippen molar-refractivity contribution >= 4 is 17.7 Å². The minimum atomic E-state index is -2.14. The van der Waals surface area contributed by atoms with E-state index in [4.69, 9.17) is 9.47 Å². The van der Waals surface area contributed by atoms with Crippen molar-refractivity contribution in [3.8, 4) is 0 Å². The first-order valence-electron chi connectivity index (χ1n) is 9.15. The summed E-state index contributed by atoms with van der Waals surface area (Å²) in [6.45, 7) is 10.4. The Balaban J connectivity index is 2.50. The summed E-state index contributed by atoms with van der Waals surface area (Å²) in [4.78, 5) is 36.8. The summed E-state index contributed by atoms with van der Waals surface area (Å²) in [6.07, 6.45) is -1.73. The van der Waals surface area contributed by atoms with Crippen LogP contribution < -0.4 is 0 Å². The summed E-state index contributed by atoms with van der Waals surface area (Å²) in [5.74, 6) is -2.70. The Hall–Kier alpha value is -1.99. The monoisotopic (exact) mass is 380 g/mol. The molecule has 0 saturated carbocycles. The zero-order chi connectivity index (χ0) is 20.5. The first-order chi connectivity index (χ1) is 12.4. The third-order valence-corrected chi connectivity index (χ3v) is 5.10. The van der Waals surface area contributed by atoms with E-state index < -0.39 is 47.6 Å². The van der Waals surface area contributed by atoms with E-state index in [1.165, 1.54) is 6.92 Å². The maximum Gasteiger partial charge on any atom is 0.334 e. The lowest BCUT2D eigenvalue weighted by atomic mass is 9.78. The second-order valence-corrected chi connectivity index (χ2v) is 8.00. The molecule has 0 aromatic carbocycles. The SMILES string of the molecule is C=C1C(=O)O[C@@H]2/C=C(\C)CCC(=O)[C@@](C)(O)[C@@H](O)[C@@H](OC(=O)CC(C)C)[C@@H]12. The lowest BCUT2D eigenvalue weighted by Gasteiger charge is -2.37. The summed E-state index contributed by atoms with van der Waals surface area (Å²) in [5, 5.41) is 21.5. The van der Waals surface area contributed by atoms with Gasteiger partial charge in [0.2, 0.25) is 0 Å². The first-order valence-corrected chi connectivity index (χ1v) is 9.15. The number of esters is 2. The van der Waals surface area contributed by atoms with Gasteiger partial charge in [-0.3, -0.25) is 9.59 Å². The van der Waals surface area contributed by atoms with Gasteiger partial charge >= 0.3 is 11.9 Å². The Morgan fingerprint density at radius 2 is 2.04 bits per heavy atom. The number of hydrogen-bond acceptors (Lipinski definition) is 7. The number of carbonyl (C=O) groups is 3. The van der Waals surface area contributed by atoms with Crippen LogP contribution >= 0.6 is 0 Å². The first kappa shape index (κ1) is 21.3. The summed E-state index contributed by atoms with van der Waals surface area (Å²) < 4.78 is 10.8. The van der Waals surface area contributed by atoms with Crippen LogP contribution in [0, 0.1) is 11.8 Å². The number of ketones is 1. The van der Waals surface area contributed by atoms with Crippen LogP contribution in [0.2, 0.25) is 0 Å². The molecule has 2 rings (SSSR count). The molecule has 1 saturated heterocycles. The summed E-state index contributed by atoms with van der Waals surface area (Å²) >= 11 is 0. The molecule has 0 spiro atoms. The van der Waals surface area contributed by atoms with E-state index in [0.717, 1.165) is 5.57 Å². The number of rotatable bonds is 3. The maximum absolute atomic E-state index is 12.5. The highest BCUT2D eigenvalue weighted by Gasteiger charge is 2.53. The molecular weight excluding hydrogens is 352 g/mol. The molecule has 0 aromatic rings. The fourth-order valence-electron chi connectivity index (χ4n) is 3.41. The molecule has 0 aromatic heterocycles. The average molecular weight is 380 g/mol. The van der Waals surface area contributed by atoms with Crippen molar-refractivity contribution in [1.29, 1.82) is 0 Å². The van der Waals surface area contributed by atoms with Gasteiger partial charge in [0.05, 0.1) is 5.92 Å².